The lowest BCUT2D eigenvalue weighted by molar-refractivity contribution is -0.147. The van der Waals surface area contributed by atoms with Gasteiger partial charge in [0.15, 0.2) is 0 Å². The van der Waals surface area contributed by atoms with E-state index >= 15 is 0 Å². The number of thiazole rings is 1. The number of ether oxygens (including phenoxy) is 1. The van der Waals surface area contributed by atoms with E-state index in [1.54, 1.807) is 6.92 Å². The van der Waals surface area contributed by atoms with Gasteiger partial charge in [0.2, 0.25) is 5.88 Å². The Balaban J connectivity index is 1.47. The molecule has 1 aromatic carbocycles. The summed E-state index contributed by atoms with van der Waals surface area (Å²) in [5.41, 5.74) is 1.61. The van der Waals surface area contributed by atoms with E-state index in [1.165, 1.54) is 56.9 Å². The zero-order valence-electron chi connectivity index (χ0n) is 27.0. The highest BCUT2D eigenvalue weighted by atomic mass is 32.1. The maximum atomic E-state index is 13.0. The van der Waals surface area contributed by atoms with Gasteiger partial charge in [0.25, 0.3) is 0 Å². The lowest BCUT2D eigenvalue weighted by Crippen LogP contribution is -2.43. The summed E-state index contributed by atoms with van der Waals surface area (Å²) < 4.78 is 6.97. The van der Waals surface area contributed by atoms with Crippen LogP contribution in [-0.4, -0.2) is 32.3 Å². The number of rotatable bonds is 22. The molecule has 0 aliphatic rings. The summed E-state index contributed by atoms with van der Waals surface area (Å²) >= 11 is 0.915. The molecule has 8 heteroatoms. The Bertz CT molecular complexity index is 1320. The molecule has 0 aliphatic carbocycles. The highest BCUT2D eigenvalue weighted by Gasteiger charge is 2.39. The summed E-state index contributed by atoms with van der Waals surface area (Å²) in [7, 11) is 0. The summed E-state index contributed by atoms with van der Waals surface area (Å²) in [4.78, 5) is 29.9. The van der Waals surface area contributed by atoms with Gasteiger partial charge in [0.05, 0.1) is 11.5 Å². The number of aromatic hydroxyl groups is 1. The first-order valence-corrected chi connectivity index (χ1v) is 17.4. The van der Waals surface area contributed by atoms with Crippen LogP contribution in [0.15, 0.2) is 47.4 Å². The summed E-state index contributed by atoms with van der Waals surface area (Å²) in [6.45, 7) is 6.40. The quantitative estimate of drug-likeness (QED) is 0.108. The van der Waals surface area contributed by atoms with Gasteiger partial charge in [0, 0.05) is 24.7 Å². The average molecular weight is 625 g/mol. The molecule has 1 unspecified atom stereocenters. The first-order chi connectivity index (χ1) is 21.3. The molecule has 0 bridgehead atoms. The van der Waals surface area contributed by atoms with Gasteiger partial charge < -0.3 is 14.9 Å². The first-order valence-electron chi connectivity index (χ1n) is 16.6. The molecule has 1 atom stereocenters. The monoisotopic (exact) mass is 624 g/mol. The molecular formula is C36H52N2O5S. The number of aliphatic carboxylic acids is 1. The number of hydrogen-bond acceptors (Lipinski definition) is 6. The van der Waals surface area contributed by atoms with Gasteiger partial charge in [-0.2, -0.15) is 0 Å². The van der Waals surface area contributed by atoms with Crippen molar-refractivity contribution < 1.29 is 19.7 Å². The highest BCUT2D eigenvalue weighted by Crippen LogP contribution is 2.33. The normalized spacial score (nSPS) is 12.7. The maximum absolute atomic E-state index is 13.0. The van der Waals surface area contributed by atoms with Crippen molar-refractivity contribution in [2.75, 3.05) is 6.61 Å². The largest absolute Gasteiger partial charge is 0.494 e. The SMILES string of the molecule is CCCCCCCCCCCCCCC(C)(C(=O)O)n1c(O)c(Cc2ccc(OCCc3ccc(CC)cn3)cc2)sc1=O. The fourth-order valence-corrected chi connectivity index (χ4v) is 6.57. The number of carbonyl (C=O) groups is 1. The number of hydrogen-bond donors (Lipinski definition) is 2. The van der Waals surface area contributed by atoms with Crippen LogP contribution >= 0.6 is 11.3 Å². The Labute approximate surface area is 267 Å². The van der Waals surface area contributed by atoms with Gasteiger partial charge >= 0.3 is 10.8 Å². The Kier molecular flexibility index (Phi) is 15.0. The topological polar surface area (TPSA) is 102 Å². The predicted octanol–water partition coefficient (Wildman–Crippen LogP) is 8.68. The van der Waals surface area contributed by atoms with Crippen molar-refractivity contribution in [3.05, 3.63) is 74.0 Å². The molecule has 0 fully saturated rings. The van der Waals surface area contributed by atoms with E-state index in [1.807, 2.05) is 36.5 Å². The van der Waals surface area contributed by atoms with Crippen LogP contribution in [0.1, 0.15) is 126 Å². The number of pyridine rings is 1. The smallest absolute Gasteiger partial charge is 0.329 e. The summed E-state index contributed by atoms with van der Waals surface area (Å²) in [5, 5.41) is 21.2. The van der Waals surface area contributed by atoms with Gasteiger partial charge in [-0.05, 0) is 49.1 Å². The predicted molar refractivity (Wildman–Crippen MR) is 179 cm³/mol. The standard InChI is InChI=1S/C36H52N2O5S/c1-4-6-7-8-9-10-11-12-13-14-15-16-24-36(3,34(40)41)38-33(39)32(44-35(38)42)26-29-18-21-31(22-19-29)43-25-23-30-20-17-28(5-2)27-37-30/h17-22,27,39H,4-16,23-26H2,1-3H3,(H,40,41). The van der Waals surface area contributed by atoms with Crippen molar-refractivity contribution in [2.24, 2.45) is 0 Å². The van der Waals surface area contributed by atoms with E-state index in [0.717, 1.165) is 58.6 Å². The number of carboxylic acid groups (broad SMARTS) is 1. The van der Waals surface area contributed by atoms with Crippen molar-refractivity contribution in [1.29, 1.82) is 0 Å². The average Bonchev–Trinajstić information content (AvgIpc) is 3.30. The summed E-state index contributed by atoms with van der Waals surface area (Å²) in [6.07, 6.45) is 18.4. The number of unbranched alkanes of at least 4 members (excludes halogenated alkanes) is 11. The first kappa shape index (κ1) is 35.4. The van der Waals surface area contributed by atoms with Crippen LogP contribution < -0.4 is 9.61 Å². The molecule has 2 aromatic heterocycles. The second-order valence-electron chi connectivity index (χ2n) is 12.1. The number of aryl methyl sites for hydroxylation is 1. The molecular weight excluding hydrogens is 572 g/mol. The Morgan fingerprint density at radius 1 is 0.886 bits per heavy atom. The van der Waals surface area contributed by atoms with E-state index in [0.29, 0.717) is 37.2 Å². The van der Waals surface area contributed by atoms with Crippen molar-refractivity contribution in [3.63, 3.8) is 0 Å². The molecule has 0 spiro atoms. The summed E-state index contributed by atoms with van der Waals surface area (Å²) in [6, 6.07) is 11.7. The van der Waals surface area contributed by atoms with Gasteiger partial charge in [0.1, 0.15) is 11.3 Å². The molecule has 44 heavy (non-hydrogen) atoms. The molecule has 2 N–H and O–H groups in total. The van der Waals surface area contributed by atoms with Crippen LogP contribution in [0.25, 0.3) is 0 Å². The van der Waals surface area contributed by atoms with Gasteiger partial charge in [-0.3, -0.25) is 14.3 Å². The number of aromatic nitrogens is 2. The fourth-order valence-electron chi connectivity index (χ4n) is 5.56. The van der Waals surface area contributed by atoms with E-state index in [9.17, 15) is 19.8 Å². The molecule has 2 heterocycles. The minimum absolute atomic E-state index is 0.245. The van der Waals surface area contributed by atoms with Crippen molar-refractivity contribution >= 4 is 17.3 Å². The van der Waals surface area contributed by atoms with Crippen LogP contribution in [0.3, 0.4) is 0 Å². The van der Waals surface area contributed by atoms with Crippen molar-refractivity contribution in [1.82, 2.24) is 9.55 Å². The maximum Gasteiger partial charge on any atom is 0.329 e. The Morgan fingerprint density at radius 2 is 1.48 bits per heavy atom. The van der Waals surface area contributed by atoms with Crippen LogP contribution in [0, 0.1) is 0 Å². The fraction of sp³-hybridized carbons (Fsp3) is 0.583. The zero-order valence-corrected chi connectivity index (χ0v) is 27.8. The minimum Gasteiger partial charge on any atom is -0.494 e. The van der Waals surface area contributed by atoms with Gasteiger partial charge in [-0.15, -0.1) is 0 Å². The molecule has 0 amide bonds. The van der Waals surface area contributed by atoms with E-state index < -0.39 is 16.4 Å². The number of carboxylic acids is 1. The van der Waals surface area contributed by atoms with E-state index in [-0.39, 0.29) is 5.88 Å². The molecule has 0 aliphatic heterocycles. The van der Waals surface area contributed by atoms with Crippen LogP contribution in [0.2, 0.25) is 0 Å². The number of benzene rings is 1. The molecule has 3 rings (SSSR count). The number of nitrogens with zero attached hydrogens (tertiary/aromatic N) is 2. The molecule has 0 saturated heterocycles. The van der Waals surface area contributed by atoms with Crippen molar-refractivity contribution in [3.8, 4) is 11.6 Å². The van der Waals surface area contributed by atoms with Crippen LogP contribution in [0.5, 0.6) is 11.6 Å². The van der Waals surface area contributed by atoms with Crippen molar-refractivity contribution in [2.45, 2.75) is 129 Å². The molecule has 0 radical (unpaired) electrons. The van der Waals surface area contributed by atoms with E-state index in [4.69, 9.17) is 4.74 Å². The highest BCUT2D eigenvalue weighted by molar-refractivity contribution is 7.09. The third-order valence-corrected chi connectivity index (χ3v) is 9.47. The zero-order chi connectivity index (χ0) is 31.8. The van der Waals surface area contributed by atoms with E-state index in [2.05, 4.69) is 24.9 Å². The second kappa shape index (κ2) is 18.6. The lowest BCUT2D eigenvalue weighted by atomic mass is 9.93. The third-order valence-electron chi connectivity index (χ3n) is 8.53. The Morgan fingerprint density at radius 3 is 2.02 bits per heavy atom. The second-order valence-corrected chi connectivity index (χ2v) is 13.1. The molecule has 3 aromatic rings. The molecule has 242 valence electrons. The third kappa shape index (κ3) is 10.8. The lowest BCUT2D eigenvalue weighted by Gasteiger charge is -2.26. The van der Waals surface area contributed by atoms with Gasteiger partial charge in [-0.25, -0.2) is 4.79 Å². The Hall–Kier alpha value is -3.13. The molecule has 7 nitrogen and oxygen atoms in total. The summed E-state index contributed by atoms with van der Waals surface area (Å²) in [5.74, 6) is -0.610. The van der Waals surface area contributed by atoms with Crippen LogP contribution in [0.4, 0.5) is 0 Å². The van der Waals surface area contributed by atoms with Gasteiger partial charge in [-0.1, -0.05) is 120 Å². The minimum atomic E-state index is -1.49. The molecule has 0 saturated carbocycles. The van der Waals surface area contributed by atoms with Crippen LogP contribution in [-0.2, 0) is 29.6 Å².